The molecule has 3 nitrogen and oxygen atoms in total. The van der Waals surface area contributed by atoms with Crippen LogP contribution in [0.1, 0.15) is 24.0 Å². The van der Waals surface area contributed by atoms with Crippen molar-refractivity contribution in [3.8, 4) is 0 Å². The number of hydrogen-bond acceptors (Lipinski definition) is 3. The van der Waals surface area contributed by atoms with Crippen molar-refractivity contribution in [3.63, 3.8) is 0 Å². The van der Waals surface area contributed by atoms with Gasteiger partial charge in [-0.2, -0.15) is 11.8 Å². The Bertz CT molecular complexity index is 1010. The maximum atomic E-state index is 13.6. The third-order valence-corrected chi connectivity index (χ3v) is 5.28. The molecule has 0 spiro atoms. The lowest BCUT2D eigenvalue weighted by atomic mass is 9.83. The van der Waals surface area contributed by atoms with E-state index in [9.17, 15) is 27.2 Å². The molecule has 0 aliphatic heterocycles. The highest BCUT2D eigenvalue weighted by Crippen LogP contribution is 2.29. The van der Waals surface area contributed by atoms with Gasteiger partial charge in [-0.1, -0.05) is 12.1 Å². The molecule has 8 heteroatoms. The number of Topliss-reactive ketones (excluding diaryl/α,β-unsaturated/α-hetero) is 1. The number of halogens is 4. The number of ketones is 1. The molecular weight excluding hydrogens is 430 g/mol. The Morgan fingerprint density at radius 1 is 0.935 bits per heavy atom. The van der Waals surface area contributed by atoms with Crippen LogP contribution in [0, 0.1) is 23.3 Å². The zero-order valence-corrected chi connectivity index (χ0v) is 17.4. The van der Waals surface area contributed by atoms with Crippen LogP contribution in [0.15, 0.2) is 47.5 Å². The third kappa shape index (κ3) is 5.85. The maximum absolute atomic E-state index is 13.6. The summed E-state index contributed by atoms with van der Waals surface area (Å²) >= 11 is 1.35. The van der Waals surface area contributed by atoms with Crippen LogP contribution in [-0.4, -0.2) is 29.7 Å². The minimum absolute atomic E-state index is 0.201. The molecule has 2 aromatic carbocycles. The van der Waals surface area contributed by atoms with Crippen LogP contribution < -0.4 is 5.32 Å². The molecule has 0 radical (unpaired) electrons. The summed E-state index contributed by atoms with van der Waals surface area (Å²) in [6.07, 6.45) is 5.07. The van der Waals surface area contributed by atoms with Crippen molar-refractivity contribution in [2.75, 3.05) is 12.0 Å². The lowest BCUT2D eigenvalue weighted by Crippen LogP contribution is -2.40. The van der Waals surface area contributed by atoms with E-state index in [0.717, 1.165) is 24.3 Å². The van der Waals surface area contributed by atoms with Crippen LogP contribution in [0.25, 0.3) is 12.2 Å². The molecule has 1 amide bonds. The van der Waals surface area contributed by atoms with Crippen LogP contribution in [-0.2, 0) is 9.59 Å². The molecule has 0 aromatic heterocycles. The van der Waals surface area contributed by atoms with E-state index >= 15 is 0 Å². The standard InChI is InChI=1S/C23H19F4NO2S/c1-31-12-22(29)28-17-10-15(6-13-2-4-18(24)20(26)8-13)23(30)16(11-17)7-14-3-5-19(25)21(27)9-14/h2-9,17H,10-12H2,1H3,(H,28,29)/b15-6+,16-7+. The number of hydrogen-bond donors (Lipinski definition) is 1. The average Bonchev–Trinajstić information content (AvgIpc) is 2.71. The van der Waals surface area contributed by atoms with Crippen LogP contribution in [0.3, 0.4) is 0 Å². The fraction of sp³-hybridized carbons (Fsp3) is 0.217. The Labute approximate surface area is 181 Å². The number of carbonyl (C=O) groups excluding carboxylic acids is 2. The van der Waals surface area contributed by atoms with Gasteiger partial charge in [0.25, 0.3) is 0 Å². The van der Waals surface area contributed by atoms with Crippen molar-refractivity contribution in [1.82, 2.24) is 5.32 Å². The topological polar surface area (TPSA) is 46.2 Å². The zero-order chi connectivity index (χ0) is 22.5. The van der Waals surface area contributed by atoms with E-state index in [0.29, 0.717) is 22.3 Å². The van der Waals surface area contributed by atoms with Gasteiger partial charge in [-0.3, -0.25) is 9.59 Å². The fourth-order valence-corrected chi connectivity index (χ4v) is 3.70. The van der Waals surface area contributed by atoms with E-state index in [2.05, 4.69) is 5.32 Å². The molecule has 1 aliphatic rings. The molecule has 2 aromatic rings. The number of rotatable bonds is 5. The zero-order valence-electron chi connectivity index (χ0n) is 16.6. The summed E-state index contributed by atoms with van der Waals surface area (Å²) in [6, 6.07) is 6.15. The van der Waals surface area contributed by atoms with Crippen LogP contribution in [0.5, 0.6) is 0 Å². The molecular formula is C23H19F4NO2S. The Hall–Kier alpha value is -2.87. The van der Waals surface area contributed by atoms with E-state index in [1.807, 2.05) is 0 Å². The first-order valence-electron chi connectivity index (χ1n) is 9.41. The lowest BCUT2D eigenvalue weighted by molar-refractivity contribution is -0.120. The molecule has 1 fully saturated rings. The molecule has 0 atom stereocenters. The molecule has 0 unspecified atom stereocenters. The second-order valence-electron chi connectivity index (χ2n) is 7.12. The fourth-order valence-electron chi connectivity index (χ4n) is 3.35. The van der Waals surface area contributed by atoms with Gasteiger partial charge >= 0.3 is 0 Å². The average molecular weight is 449 g/mol. The van der Waals surface area contributed by atoms with Gasteiger partial charge in [-0.15, -0.1) is 0 Å². The van der Waals surface area contributed by atoms with E-state index in [1.165, 1.54) is 36.0 Å². The van der Waals surface area contributed by atoms with Gasteiger partial charge in [-0.25, -0.2) is 17.6 Å². The molecule has 1 saturated carbocycles. The molecule has 0 saturated heterocycles. The largest absolute Gasteiger partial charge is 0.352 e. The quantitative estimate of drug-likeness (QED) is 0.521. The monoisotopic (exact) mass is 449 g/mol. The highest BCUT2D eigenvalue weighted by molar-refractivity contribution is 7.99. The normalized spacial score (nSPS) is 19.1. The maximum Gasteiger partial charge on any atom is 0.230 e. The van der Waals surface area contributed by atoms with Crippen LogP contribution in [0.2, 0.25) is 0 Å². The summed E-state index contributed by atoms with van der Waals surface area (Å²) in [5, 5.41) is 2.85. The summed E-state index contributed by atoms with van der Waals surface area (Å²) in [5.74, 6) is -4.40. The van der Waals surface area contributed by atoms with Crippen molar-refractivity contribution in [1.29, 1.82) is 0 Å². The van der Waals surface area contributed by atoms with Crippen molar-refractivity contribution >= 4 is 35.6 Å². The molecule has 31 heavy (non-hydrogen) atoms. The van der Waals surface area contributed by atoms with Crippen molar-refractivity contribution < 1.29 is 27.2 Å². The first-order valence-corrected chi connectivity index (χ1v) is 10.8. The molecule has 3 rings (SSSR count). The predicted molar refractivity (Wildman–Crippen MR) is 113 cm³/mol. The highest BCUT2D eigenvalue weighted by Gasteiger charge is 2.29. The van der Waals surface area contributed by atoms with E-state index in [-0.39, 0.29) is 30.3 Å². The Morgan fingerprint density at radius 3 is 1.84 bits per heavy atom. The number of amides is 1. The summed E-state index contributed by atoms with van der Waals surface area (Å²) in [6.45, 7) is 0. The SMILES string of the molecule is CSCC(=O)NC1C/C(=C\c2ccc(F)c(F)c2)C(=O)/C(=C/c2ccc(F)c(F)c2)C1. The highest BCUT2D eigenvalue weighted by atomic mass is 32.2. The minimum Gasteiger partial charge on any atom is -0.352 e. The molecule has 162 valence electrons. The predicted octanol–water partition coefficient (Wildman–Crippen LogP) is 4.92. The third-order valence-electron chi connectivity index (χ3n) is 4.73. The van der Waals surface area contributed by atoms with E-state index in [4.69, 9.17) is 0 Å². The Morgan fingerprint density at radius 2 is 1.42 bits per heavy atom. The number of thioether (sulfide) groups is 1. The van der Waals surface area contributed by atoms with E-state index < -0.39 is 29.3 Å². The van der Waals surface area contributed by atoms with Gasteiger partial charge in [-0.05, 0) is 66.6 Å². The number of nitrogens with one attached hydrogen (secondary N) is 1. The second kappa shape index (κ2) is 9.96. The van der Waals surface area contributed by atoms with E-state index in [1.54, 1.807) is 6.26 Å². The second-order valence-corrected chi connectivity index (χ2v) is 7.99. The van der Waals surface area contributed by atoms with Gasteiger partial charge in [0.2, 0.25) is 5.91 Å². The Balaban J connectivity index is 1.97. The van der Waals surface area contributed by atoms with Crippen molar-refractivity contribution in [2.45, 2.75) is 18.9 Å². The number of carbonyl (C=O) groups is 2. The molecule has 0 heterocycles. The van der Waals surface area contributed by atoms with Crippen LogP contribution in [0.4, 0.5) is 17.6 Å². The summed E-state index contributed by atoms with van der Waals surface area (Å²) in [7, 11) is 0. The summed E-state index contributed by atoms with van der Waals surface area (Å²) in [5.41, 5.74) is 1.18. The molecule has 1 aliphatic carbocycles. The van der Waals surface area contributed by atoms with Gasteiger partial charge in [0.1, 0.15) is 0 Å². The van der Waals surface area contributed by atoms with Gasteiger partial charge in [0, 0.05) is 17.2 Å². The first kappa shape index (κ1) is 22.8. The molecule has 1 N–H and O–H groups in total. The smallest absolute Gasteiger partial charge is 0.230 e. The van der Waals surface area contributed by atoms with Gasteiger partial charge < -0.3 is 5.32 Å². The number of benzene rings is 2. The minimum atomic E-state index is -1.04. The lowest BCUT2D eigenvalue weighted by Gasteiger charge is -2.26. The summed E-state index contributed by atoms with van der Waals surface area (Å²) in [4.78, 5) is 25.1. The van der Waals surface area contributed by atoms with Crippen LogP contribution >= 0.6 is 11.8 Å². The summed E-state index contributed by atoms with van der Waals surface area (Å²) < 4.78 is 53.6. The van der Waals surface area contributed by atoms with Crippen molar-refractivity contribution in [2.24, 2.45) is 0 Å². The first-order chi connectivity index (χ1) is 14.8. The van der Waals surface area contributed by atoms with Crippen molar-refractivity contribution in [3.05, 3.63) is 81.9 Å². The Kier molecular flexibility index (Phi) is 7.33. The van der Waals surface area contributed by atoms with Gasteiger partial charge in [0.15, 0.2) is 29.1 Å². The molecule has 0 bridgehead atoms. The van der Waals surface area contributed by atoms with Gasteiger partial charge in [0.05, 0.1) is 5.75 Å².